The van der Waals surface area contributed by atoms with Gasteiger partial charge in [0.2, 0.25) is 0 Å². The van der Waals surface area contributed by atoms with Gasteiger partial charge in [-0.2, -0.15) is 0 Å². The smallest absolute Gasteiger partial charge is 0.338 e. The molecule has 2 aromatic rings. The van der Waals surface area contributed by atoms with Crippen molar-refractivity contribution < 1.29 is 19.1 Å². The zero-order valence-electron chi connectivity index (χ0n) is 12.3. The van der Waals surface area contributed by atoms with Crippen LogP contribution < -0.4 is 5.32 Å². The van der Waals surface area contributed by atoms with Gasteiger partial charge in [0.1, 0.15) is 0 Å². The number of benzene rings is 2. The standard InChI is InChI=1S/C17H14ClNO4/c1-11(20)13-3-2-4-15(9-13)19-16(21)10-23-17(22)12-5-7-14(18)8-6-12/h2-9H,10H2,1H3,(H,19,21). The number of ether oxygens (including phenoxy) is 1. The first-order chi connectivity index (χ1) is 11.0. The molecule has 23 heavy (non-hydrogen) atoms. The summed E-state index contributed by atoms with van der Waals surface area (Å²) in [4.78, 5) is 34.8. The Hall–Kier alpha value is -2.66. The first-order valence-corrected chi connectivity index (χ1v) is 7.17. The molecular formula is C17H14ClNO4. The number of nitrogens with one attached hydrogen (secondary N) is 1. The highest BCUT2D eigenvalue weighted by Gasteiger charge is 2.10. The average Bonchev–Trinajstić information content (AvgIpc) is 2.53. The number of esters is 1. The summed E-state index contributed by atoms with van der Waals surface area (Å²) in [6.07, 6.45) is 0. The molecule has 0 saturated carbocycles. The van der Waals surface area contributed by atoms with Crippen molar-refractivity contribution in [3.05, 3.63) is 64.7 Å². The van der Waals surface area contributed by atoms with Gasteiger partial charge in [-0.15, -0.1) is 0 Å². The van der Waals surface area contributed by atoms with E-state index in [0.29, 0.717) is 21.8 Å². The van der Waals surface area contributed by atoms with Crippen LogP contribution in [0, 0.1) is 0 Å². The second-order valence-corrected chi connectivity index (χ2v) is 5.20. The van der Waals surface area contributed by atoms with Crippen molar-refractivity contribution in [2.45, 2.75) is 6.92 Å². The Balaban J connectivity index is 1.90. The zero-order valence-corrected chi connectivity index (χ0v) is 13.1. The van der Waals surface area contributed by atoms with Gasteiger partial charge < -0.3 is 10.1 Å². The van der Waals surface area contributed by atoms with Gasteiger partial charge in [0.25, 0.3) is 5.91 Å². The molecule has 2 rings (SSSR count). The molecule has 118 valence electrons. The van der Waals surface area contributed by atoms with Crippen LogP contribution >= 0.6 is 11.6 Å². The van der Waals surface area contributed by atoms with E-state index in [-0.39, 0.29) is 5.78 Å². The number of hydrogen-bond acceptors (Lipinski definition) is 4. The highest BCUT2D eigenvalue weighted by molar-refractivity contribution is 6.30. The van der Waals surface area contributed by atoms with Crippen molar-refractivity contribution in [1.82, 2.24) is 0 Å². The fourth-order valence-corrected chi connectivity index (χ4v) is 1.94. The molecule has 0 radical (unpaired) electrons. The Morgan fingerprint density at radius 2 is 1.74 bits per heavy atom. The Kier molecular flexibility index (Phi) is 5.49. The second kappa shape index (κ2) is 7.56. The maximum atomic E-state index is 11.8. The third-order valence-electron chi connectivity index (χ3n) is 2.97. The van der Waals surface area contributed by atoms with E-state index in [0.717, 1.165) is 0 Å². The quantitative estimate of drug-likeness (QED) is 0.673. The molecule has 6 heteroatoms. The Morgan fingerprint density at radius 1 is 1.04 bits per heavy atom. The molecule has 0 bridgehead atoms. The fraction of sp³-hybridized carbons (Fsp3) is 0.118. The summed E-state index contributed by atoms with van der Waals surface area (Å²) in [5, 5.41) is 3.07. The van der Waals surface area contributed by atoms with Crippen molar-refractivity contribution >= 4 is 34.9 Å². The number of halogens is 1. The first-order valence-electron chi connectivity index (χ1n) is 6.79. The van der Waals surface area contributed by atoms with E-state index < -0.39 is 18.5 Å². The lowest BCUT2D eigenvalue weighted by Gasteiger charge is -2.07. The Bertz CT molecular complexity index is 741. The van der Waals surface area contributed by atoms with Gasteiger partial charge in [0.15, 0.2) is 12.4 Å². The molecule has 1 amide bonds. The highest BCUT2D eigenvalue weighted by Crippen LogP contribution is 2.12. The van der Waals surface area contributed by atoms with Gasteiger partial charge >= 0.3 is 5.97 Å². The van der Waals surface area contributed by atoms with Gasteiger partial charge in [0, 0.05) is 16.3 Å². The van der Waals surface area contributed by atoms with Gasteiger partial charge in [-0.25, -0.2) is 4.79 Å². The monoisotopic (exact) mass is 331 g/mol. The number of carbonyl (C=O) groups is 3. The molecule has 0 aliphatic carbocycles. The Morgan fingerprint density at radius 3 is 2.39 bits per heavy atom. The van der Waals surface area contributed by atoms with Crippen molar-refractivity contribution in [3.8, 4) is 0 Å². The maximum absolute atomic E-state index is 11.8. The van der Waals surface area contributed by atoms with Crippen LogP contribution in [0.3, 0.4) is 0 Å². The van der Waals surface area contributed by atoms with Crippen molar-refractivity contribution in [3.63, 3.8) is 0 Å². The molecule has 5 nitrogen and oxygen atoms in total. The molecule has 0 aromatic heterocycles. The molecule has 0 aliphatic heterocycles. The number of rotatable bonds is 5. The minimum absolute atomic E-state index is 0.102. The summed E-state index contributed by atoms with van der Waals surface area (Å²) in [5.74, 6) is -1.21. The van der Waals surface area contributed by atoms with Gasteiger partial charge in [-0.1, -0.05) is 23.7 Å². The molecule has 0 aliphatic rings. The van der Waals surface area contributed by atoms with Crippen LogP contribution in [0.15, 0.2) is 48.5 Å². The van der Waals surface area contributed by atoms with E-state index in [1.165, 1.54) is 19.1 Å². The lowest BCUT2D eigenvalue weighted by molar-refractivity contribution is -0.119. The van der Waals surface area contributed by atoms with Crippen LogP contribution in [0.2, 0.25) is 5.02 Å². The van der Waals surface area contributed by atoms with Gasteiger partial charge in [0.05, 0.1) is 5.56 Å². The van der Waals surface area contributed by atoms with Crippen LogP contribution in [-0.2, 0) is 9.53 Å². The largest absolute Gasteiger partial charge is 0.452 e. The summed E-state index contributed by atoms with van der Waals surface area (Å²) in [7, 11) is 0. The second-order valence-electron chi connectivity index (χ2n) is 4.77. The van der Waals surface area contributed by atoms with E-state index in [1.807, 2.05) is 0 Å². The maximum Gasteiger partial charge on any atom is 0.338 e. The number of hydrogen-bond donors (Lipinski definition) is 1. The molecule has 0 fully saturated rings. The lowest BCUT2D eigenvalue weighted by Crippen LogP contribution is -2.21. The minimum atomic E-state index is -0.616. The van der Waals surface area contributed by atoms with Crippen LogP contribution in [-0.4, -0.2) is 24.3 Å². The van der Waals surface area contributed by atoms with E-state index in [1.54, 1.807) is 36.4 Å². The average molecular weight is 332 g/mol. The molecule has 2 aromatic carbocycles. The van der Waals surface area contributed by atoms with Crippen LogP contribution in [0.4, 0.5) is 5.69 Å². The van der Waals surface area contributed by atoms with E-state index in [9.17, 15) is 14.4 Å². The van der Waals surface area contributed by atoms with Gasteiger partial charge in [-0.05, 0) is 43.3 Å². The van der Waals surface area contributed by atoms with Crippen LogP contribution in [0.1, 0.15) is 27.6 Å². The van der Waals surface area contributed by atoms with Crippen molar-refractivity contribution in [1.29, 1.82) is 0 Å². The van der Waals surface area contributed by atoms with Crippen molar-refractivity contribution in [2.75, 3.05) is 11.9 Å². The molecular weight excluding hydrogens is 318 g/mol. The number of amides is 1. The highest BCUT2D eigenvalue weighted by atomic mass is 35.5. The SMILES string of the molecule is CC(=O)c1cccc(NC(=O)COC(=O)c2ccc(Cl)cc2)c1. The van der Waals surface area contributed by atoms with Gasteiger partial charge in [-0.3, -0.25) is 9.59 Å². The lowest BCUT2D eigenvalue weighted by atomic mass is 10.1. The number of carbonyl (C=O) groups excluding carboxylic acids is 3. The third-order valence-corrected chi connectivity index (χ3v) is 3.22. The predicted octanol–water partition coefficient (Wildman–Crippen LogP) is 3.34. The number of anilines is 1. The zero-order chi connectivity index (χ0) is 16.8. The number of Topliss-reactive ketones (excluding diaryl/α,β-unsaturated/α-hetero) is 1. The Labute approximate surface area is 138 Å². The molecule has 0 saturated heterocycles. The topological polar surface area (TPSA) is 72.5 Å². The number of ketones is 1. The predicted molar refractivity (Wildman–Crippen MR) is 86.8 cm³/mol. The third kappa shape index (κ3) is 4.93. The van der Waals surface area contributed by atoms with Crippen molar-refractivity contribution in [2.24, 2.45) is 0 Å². The molecule has 0 spiro atoms. The molecule has 0 heterocycles. The van der Waals surface area contributed by atoms with Crippen LogP contribution in [0.5, 0.6) is 0 Å². The van der Waals surface area contributed by atoms with E-state index >= 15 is 0 Å². The van der Waals surface area contributed by atoms with E-state index in [4.69, 9.17) is 16.3 Å². The molecule has 0 unspecified atom stereocenters. The summed E-state index contributed by atoms with van der Waals surface area (Å²) in [6.45, 7) is 1.01. The van der Waals surface area contributed by atoms with E-state index in [2.05, 4.69) is 5.32 Å². The van der Waals surface area contributed by atoms with Crippen LogP contribution in [0.25, 0.3) is 0 Å². The summed E-state index contributed by atoms with van der Waals surface area (Å²) in [5.41, 5.74) is 1.26. The summed E-state index contributed by atoms with van der Waals surface area (Å²) < 4.78 is 4.92. The summed E-state index contributed by atoms with van der Waals surface area (Å²) >= 11 is 5.73. The fourth-order valence-electron chi connectivity index (χ4n) is 1.81. The normalized spacial score (nSPS) is 10.0. The summed E-state index contributed by atoms with van der Waals surface area (Å²) in [6, 6.07) is 12.7. The minimum Gasteiger partial charge on any atom is -0.452 e. The molecule has 0 atom stereocenters. The first kappa shape index (κ1) is 16.7. The molecule has 1 N–H and O–H groups in total.